The van der Waals surface area contributed by atoms with E-state index in [0.29, 0.717) is 12.2 Å². The van der Waals surface area contributed by atoms with Gasteiger partial charge in [0.05, 0.1) is 5.69 Å². The van der Waals surface area contributed by atoms with Crippen LogP contribution >= 0.6 is 0 Å². The summed E-state index contributed by atoms with van der Waals surface area (Å²) < 4.78 is 5.90. The van der Waals surface area contributed by atoms with Crippen molar-refractivity contribution in [2.75, 3.05) is 0 Å². The van der Waals surface area contributed by atoms with Crippen molar-refractivity contribution in [3.05, 3.63) is 83.0 Å². The molecule has 0 unspecified atom stereocenters. The standard InChI is InChI=1S/C21H20N2O2/c1-14-5-3-4-6-20(14)25-13-16-9-10-23-19(12-16)17-7-8-18(21(22)24)15(2)11-17/h3-12H,13H2,1-2H3,(H2,22,24). The first-order valence-electron chi connectivity index (χ1n) is 8.09. The highest BCUT2D eigenvalue weighted by Crippen LogP contribution is 2.23. The lowest BCUT2D eigenvalue weighted by Gasteiger charge is -2.10. The molecule has 0 aliphatic heterocycles. The second-order valence-electron chi connectivity index (χ2n) is 6.00. The summed E-state index contributed by atoms with van der Waals surface area (Å²) in [4.78, 5) is 15.8. The molecule has 1 heterocycles. The van der Waals surface area contributed by atoms with Crippen LogP contribution in [0, 0.1) is 13.8 Å². The highest BCUT2D eigenvalue weighted by molar-refractivity contribution is 5.94. The lowest BCUT2D eigenvalue weighted by atomic mass is 10.0. The van der Waals surface area contributed by atoms with E-state index in [1.807, 2.05) is 62.4 Å². The van der Waals surface area contributed by atoms with E-state index in [1.165, 1.54) is 0 Å². The quantitative estimate of drug-likeness (QED) is 0.767. The Balaban J connectivity index is 1.81. The molecule has 3 aromatic rings. The number of nitrogens with two attached hydrogens (primary N) is 1. The number of nitrogens with zero attached hydrogens (tertiary/aromatic N) is 1. The summed E-state index contributed by atoms with van der Waals surface area (Å²) >= 11 is 0. The van der Waals surface area contributed by atoms with Crippen LogP contribution in [0.25, 0.3) is 11.3 Å². The highest BCUT2D eigenvalue weighted by Gasteiger charge is 2.08. The lowest BCUT2D eigenvalue weighted by Crippen LogP contribution is -2.12. The van der Waals surface area contributed by atoms with E-state index in [-0.39, 0.29) is 0 Å². The molecule has 0 aliphatic rings. The molecule has 3 rings (SSSR count). The van der Waals surface area contributed by atoms with E-state index >= 15 is 0 Å². The maximum Gasteiger partial charge on any atom is 0.248 e. The van der Waals surface area contributed by atoms with Crippen LogP contribution in [-0.4, -0.2) is 10.9 Å². The van der Waals surface area contributed by atoms with Gasteiger partial charge in [0, 0.05) is 17.3 Å². The summed E-state index contributed by atoms with van der Waals surface area (Å²) in [7, 11) is 0. The topological polar surface area (TPSA) is 65.2 Å². The van der Waals surface area contributed by atoms with E-state index in [0.717, 1.165) is 33.7 Å². The Kier molecular flexibility index (Phi) is 4.80. The average Bonchev–Trinajstić information content (AvgIpc) is 2.61. The van der Waals surface area contributed by atoms with Gasteiger partial charge in [0.15, 0.2) is 0 Å². The summed E-state index contributed by atoms with van der Waals surface area (Å²) in [5, 5.41) is 0. The van der Waals surface area contributed by atoms with Crippen LogP contribution in [0.1, 0.15) is 27.0 Å². The highest BCUT2D eigenvalue weighted by atomic mass is 16.5. The number of rotatable bonds is 5. The number of hydrogen-bond acceptors (Lipinski definition) is 3. The van der Waals surface area contributed by atoms with Crippen molar-refractivity contribution < 1.29 is 9.53 Å². The van der Waals surface area contributed by atoms with E-state index in [4.69, 9.17) is 10.5 Å². The average molecular weight is 332 g/mol. The molecule has 0 spiro atoms. The molecule has 0 saturated heterocycles. The van der Waals surface area contributed by atoms with Gasteiger partial charge in [-0.25, -0.2) is 0 Å². The van der Waals surface area contributed by atoms with Crippen LogP contribution in [0.4, 0.5) is 0 Å². The molecule has 0 atom stereocenters. The Morgan fingerprint density at radius 1 is 1.04 bits per heavy atom. The molecule has 25 heavy (non-hydrogen) atoms. The van der Waals surface area contributed by atoms with Gasteiger partial charge < -0.3 is 10.5 Å². The van der Waals surface area contributed by atoms with Crippen molar-refractivity contribution in [3.63, 3.8) is 0 Å². The van der Waals surface area contributed by atoms with Crippen molar-refractivity contribution in [1.29, 1.82) is 0 Å². The number of aromatic nitrogens is 1. The van der Waals surface area contributed by atoms with Crippen molar-refractivity contribution in [3.8, 4) is 17.0 Å². The maximum atomic E-state index is 11.4. The smallest absolute Gasteiger partial charge is 0.248 e. The number of primary amides is 1. The third-order valence-electron chi connectivity index (χ3n) is 4.10. The lowest BCUT2D eigenvalue weighted by molar-refractivity contribution is 0.0999. The van der Waals surface area contributed by atoms with Crippen molar-refractivity contribution in [1.82, 2.24) is 4.98 Å². The molecular formula is C21H20N2O2. The molecule has 0 aliphatic carbocycles. The predicted molar refractivity (Wildman–Crippen MR) is 98.4 cm³/mol. The summed E-state index contributed by atoms with van der Waals surface area (Å²) in [5.41, 5.74) is 10.7. The summed E-state index contributed by atoms with van der Waals surface area (Å²) in [6, 6.07) is 17.4. The van der Waals surface area contributed by atoms with Gasteiger partial charge in [-0.15, -0.1) is 0 Å². The first-order valence-corrected chi connectivity index (χ1v) is 8.09. The largest absolute Gasteiger partial charge is 0.489 e. The second-order valence-corrected chi connectivity index (χ2v) is 6.00. The molecule has 0 bridgehead atoms. The number of amides is 1. The molecular weight excluding hydrogens is 312 g/mol. The third kappa shape index (κ3) is 3.86. The Labute approximate surface area is 147 Å². The number of ether oxygens (including phenoxy) is 1. The minimum Gasteiger partial charge on any atom is -0.489 e. The molecule has 2 aromatic carbocycles. The summed E-state index contributed by atoms with van der Waals surface area (Å²) in [6.07, 6.45) is 1.77. The number of para-hydroxylation sites is 1. The van der Waals surface area contributed by atoms with Gasteiger partial charge in [-0.3, -0.25) is 9.78 Å². The van der Waals surface area contributed by atoms with Gasteiger partial charge in [-0.1, -0.05) is 24.3 Å². The molecule has 126 valence electrons. The number of carbonyl (C=O) groups excluding carboxylic acids is 1. The zero-order chi connectivity index (χ0) is 17.8. The molecule has 1 aromatic heterocycles. The van der Waals surface area contributed by atoms with Crippen LogP contribution in [0.15, 0.2) is 60.8 Å². The fraction of sp³-hybridized carbons (Fsp3) is 0.143. The molecule has 0 fully saturated rings. The maximum absolute atomic E-state index is 11.4. The van der Waals surface area contributed by atoms with E-state index < -0.39 is 5.91 Å². The summed E-state index contributed by atoms with van der Waals surface area (Å²) in [6.45, 7) is 4.36. The molecule has 2 N–H and O–H groups in total. The first kappa shape index (κ1) is 16.7. The van der Waals surface area contributed by atoms with Crippen LogP contribution < -0.4 is 10.5 Å². The molecule has 0 radical (unpaired) electrons. The van der Waals surface area contributed by atoms with Gasteiger partial charge in [0.25, 0.3) is 0 Å². The van der Waals surface area contributed by atoms with E-state index in [9.17, 15) is 4.79 Å². The van der Waals surface area contributed by atoms with Crippen molar-refractivity contribution >= 4 is 5.91 Å². The summed E-state index contributed by atoms with van der Waals surface area (Å²) in [5.74, 6) is 0.458. The minimum atomic E-state index is -0.419. The molecule has 1 amide bonds. The number of pyridine rings is 1. The zero-order valence-corrected chi connectivity index (χ0v) is 14.3. The van der Waals surface area contributed by atoms with Gasteiger partial charge in [0.2, 0.25) is 5.91 Å². The fourth-order valence-electron chi connectivity index (χ4n) is 2.70. The van der Waals surface area contributed by atoms with Gasteiger partial charge in [0.1, 0.15) is 12.4 Å². The Bertz CT molecular complexity index is 919. The minimum absolute atomic E-state index is 0.419. The van der Waals surface area contributed by atoms with Gasteiger partial charge in [-0.2, -0.15) is 0 Å². The van der Waals surface area contributed by atoms with Crippen LogP contribution in [0.5, 0.6) is 5.75 Å². The van der Waals surface area contributed by atoms with Gasteiger partial charge >= 0.3 is 0 Å². The normalized spacial score (nSPS) is 10.5. The van der Waals surface area contributed by atoms with E-state index in [2.05, 4.69) is 4.98 Å². The number of benzene rings is 2. The van der Waals surface area contributed by atoms with Crippen LogP contribution in [0.2, 0.25) is 0 Å². The predicted octanol–water partition coefficient (Wildman–Crippen LogP) is 4.04. The molecule has 4 nitrogen and oxygen atoms in total. The fourth-order valence-corrected chi connectivity index (χ4v) is 2.70. The van der Waals surface area contributed by atoms with E-state index in [1.54, 1.807) is 12.3 Å². The van der Waals surface area contributed by atoms with Gasteiger partial charge in [-0.05, 0) is 60.9 Å². The number of carbonyl (C=O) groups is 1. The van der Waals surface area contributed by atoms with Crippen LogP contribution in [0.3, 0.4) is 0 Å². The Morgan fingerprint density at radius 3 is 2.56 bits per heavy atom. The number of hydrogen-bond donors (Lipinski definition) is 1. The van der Waals surface area contributed by atoms with Crippen molar-refractivity contribution in [2.45, 2.75) is 20.5 Å². The zero-order valence-electron chi connectivity index (χ0n) is 14.3. The second kappa shape index (κ2) is 7.18. The monoisotopic (exact) mass is 332 g/mol. The van der Waals surface area contributed by atoms with Crippen LogP contribution in [-0.2, 0) is 6.61 Å². The van der Waals surface area contributed by atoms with Crippen molar-refractivity contribution in [2.24, 2.45) is 5.73 Å². The Morgan fingerprint density at radius 2 is 1.84 bits per heavy atom. The third-order valence-corrected chi connectivity index (χ3v) is 4.10. The first-order chi connectivity index (χ1) is 12.0. The Hall–Kier alpha value is -3.14. The molecule has 4 heteroatoms. The SMILES string of the molecule is Cc1ccccc1OCc1ccnc(-c2ccc(C(N)=O)c(C)c2)c1. The number of aryl methyl sites for hydroxylation is 2. The molecule has 0 saturated carbocycles.